The standard InChI is InChI=1S/C24H29NOS/c26-23-15-18-11-12-25(16-19-8-5-13-27-19)22-10-4-9-20(24(18)22)21(23)14-17-6-2-1-3-7-17/h1-3,5-8,13,18,20-22,24H,4,9-12,14-16H2/t18-,20+,21+,22+,24+/m0/s1. The molecular formula is C24H29NOS. The molecule has 0 N–H and O–H groups in total. The van der Waals surface area contributed by atoms with E-state index >= 15 is 0 Å². The van der Waals surface area contributed by atoms with Crippen LogP contribution >= 0.6 is 11.3 Å². The first-order chi connectivity index (χ1) is 13.3. The Kier molecular flexibility index (Phi) is 4.91. The fourth-order valence-electron chi connectivity index (χ4n) is 6.30. The van der Waals surface area contributed by atoms with Crippen molar-refractivity contribution in [1.82, 2.24) is 4.90 Å². The van der Waals surface area contributed by atoms with Crippen LogP contribution in [0.2, 0.25) is 0 Å². The zero-order chi connectivity index (χ0) is 18.2. The fourth-order valence-corrected chi connectivity index (χ4v) is 7.03. The van der Waals surface area contributed by atoms with E-state index in [9.17, 15) is 4.79 Å². The number of thiophene rings is 1. The van der Waals surface area contributed by atoms with Gasteiger partial charge >= 0.3 is 0 Å². The van der Waals surface area contributed by atoms with E-state index in [1.807, 2.05) is 11.3 Å². The number of ketones is 1. The summed E-state index contributed by atoms with van der Waals surface area (Å²) in [5, 5.41) is 2.20. The summed E-state index contributed by atoms with van der Waals surface area (Å²) in [5.41, 5.74) is 1.34. The summed E-state index contributed by atoms with van der Waals surface area (Å²) < 4.78 is 0. The topological polar surface area (TPSA) is 20.3 Å². The van der Waals surface area contributed by atoms with Gasteiger partial charge in [0, 0.05) is 29.8 Å². The van der Waals surface area contributed by atoms with Gasteiger partial charge in [0.1, 0.15) is 5.78 Å². The molecule has 3 aliphatic rings. The molecule has 142 valence electrons. The smallest absolute Gasteiger partial charge is 0.136 e. The van der Waals surface area contributed by atoms with E-state index in [1.165, 1.54) is 42.7 Å². The SMILES string of the molecule is O=C1C[C@@H]2CCN(Cc3cccs3)[C@@H]3CCC[C@@H]([C@@H]23)[C@H]1Cc1ccccc1. The summed E-state index contributed by atoms with van der Waals surface area (Å²) >= 11 is 1.88. The van der Waals surface area contributed by atoms with Gasteiger partial charge in [0.25, 0.3) is 0 Å². The maximum atomic E-state index is 13.1. The van der Waals surface area contributed by atoms with Crippen molar-refractivity contribution < 1.29 is 4.79 Å². The van der Waals surface area contributed by atoms with Crippen molar-refractivity contribution >= 4 is 17.1 Å². The Morgan fingerprint density at radius 2 is 1.93 bits per heavy atom. The second-order valence-electron chi connectivity index (χ2n) is 8.80. The van der Waals surface area contributed by atoms with Gasteiger partial charge in [-0.1, -0.05) is 42.8 Å². The molecule has 5 atom stereocenters. The molecule has 0 spiro atoms. The van der Waals surface area contributed by atoms with Crippen LogP contribution in [0.5, 0.6) is 0 Å². The van der Waals surface area contributed by atoms with Crippen LogP contribution in [0.1, 0.15) is 42.5 Å². The van der Waals surface area contributed by atoms with Crippen LogP contribution in [0.4, 0.5) is 0 Å². The summed E-state index contributed by atoms with van der Waals surface area (Å²) in [6, 6.07) is 15.8. The van der Waals surface area contributed by atoms with Crippen LogP contribution in [-0.2, 0) is 17.8 Å². The third kappa shape index (κ3) is 3.40. The van der Waals surface area contributed by atoms with Crippen molar-refractivity contribution in [3.8, 4) is 0 Å². The Hall–Kier alpha value is -1.45. The van der Waals surface area contributed by atoms with Crippen molar-refractivity contribution in [2.75, 3.05) is 6.54 Å². The first kappa shape index (κ1) is 17.6. The van der Waals surface area contributed by atoms with Crippen molar-refractivity contribution in [2.24, 2.45) is 23.7 Å². The number of rotatable bonds is 4. The normalized spacial score (nSPS) is 33.6. The van der Waals surface area contributed by atoms with Gasteiger partial charge in [-0.05, 0) is 67.0 Å². The molecule has 3 fully saturated rings. The summed E-state index contributed by atoms with van der Waals surface area (Å²) in [6.07, 6.45) is 6.88. The van der Waals surface area contributed by atoms with Crippen LogP contribution < -0.4 is 0 Å². The van der Waals surface area contributed by atoms with Crippen LogP contribution in [0.15, 0.2) is 47.8 Å². The Morgan fingerprint density at radius 3 is 2.74 bits per heavy atom. The van der Waals surface area contributed by atoms with E-state index in [4.69, 9.17) is 0 Å². The first-order valence-electron chi connectivity index (χ1n) is 10.6. The van der Waals surface area contributed by atoms with Gasteiger partial charge in [-0.3, -0.25) is 9.69 Å². The molecule has 27 heavy (non-hydrogen) atoms. The van der Waals surface area contributed by atoms with Gasteiger partial charge in [-0.15, -0.1) is 11.3 Å². The molecule has 0 amide bonds. The minimum Gasteiger partial charge on any atom is -0.299 e. The molecule has 0 radical (unpaired) electrons. The van der Waals surface area contributed by atoms with Gasteiger partial charge in [-0.25, -0.2) is 0 Å². The minimum atomic E-state index is 0.248. The highest BCUT2D eigenvalue weighted by molar-refractivity contribution is 7.09. The molecule has 1 saturated heterocycles. The Bertz CT molecular complexity index is 771. The monoisotopic (exact) mass is 379 g/mol. The lowest BCUT2D eigenvalue weighted by Crippen LogP contribution is -2.57. The molecule has 0 bridgehead atoms. The maximum absolute atomic E-state index is 13.1. The van der Waals surface area contributed by atoms with E-state index in [0.717, 1.165) is 25.3 Å². The molecule has 0 unspecified atom stereocenters. The average Bonchev–Trinajstić information content (AvgIpc) is 3.21. The number of Topliss-reactive ketones (excluding diaryl/α,β-unsaturated/α-hetero) is 1. The van der Waals surface area contributed by atoms with E-state index in [2.05, 4.69) is 52.7 Å². The molecule has 5 rings (SSSR count). The van der Waals surface area contributed by atoms with Gasteiger partial charge in [-0.2, -0.15) is 0 Å². The predicted octanol–water partition coefficient (Wildman–Crippen LogP) is 5.19. The van der Waals surface area contributed by atoms with Crippen LogP contribution in [0.3, 0.4) is 0 Å². The Morgan fingerprint density at radius 1 is 1.04 bits per heavy atom. The average molecular weight is 380 g/mol. The van der Waals surface area contributed by atoms with Crippen molar-refractivity contribution in [3.05, 3.63) is 58.3 Å². The first-order valence-corrected chi connectivity index (χ1v) is 11.5. The third-order valence-corrected chi connectivity index (χ3v) is 8.27. The van der Waals surface area contributed by atoms with Crippen LogP contribution in [0, 0.1) is 23.7 Å². The number of likely N-dealkylation sites (tertiary alicyclic amines) is 1. The highest BCUT2D eigenvalue weighted by Gasteiger charge is 2.51. The van der Waals surface area contributed by atoms with Gasteiger partial charge in [0.15, 0.2) is 0 Å². The fraction of sp³-hybridized carbons (Fsp3) is 0.542. The van der Waals surface area contributed by atoms with Crippen molar-refractivity contribution in [2.45, 2.75) is 51.1 Å². The number of benzene rings is 1. The molecule has 2 heterocycles. The molecule has 2 saturated carbocycles. The van der Waals surface area contributed by atoms with Crippen LogP contribution in [0.25, 0.3) is 0 Å². The second-order valence-corrected chi connectivity index (χ2v) is 9.84. The number of nitrogens with zero attached hydrogens (tertiary/aromatic N) is 1. The summed E-state index contributed by atoms with van der Waals surface area (Å²) in [7, 11) is 0. The van der Waals surface area contributed by atoms with Gasteiger partial charge in [0.2, 0.25) is 0 Å². The quantitative estimate of drug-likeness (QED) is 0.729. The number of piperidine rings is 1. The summed E-state index contributed by atoms with van der Waals surface area (Å²) in [4.78, 5) is 17.3. The van der Waals surface area contributed by atoms with Crippen molar-refractivity contribution in [3.63, 3.8) is 0 Å². The zero-order valence-electron chi connectivity index (χ0n) is 15.9. The maximum Gasteiger partial charge on any atom is 0.136 e. The molecule has 1 aromatic heterocycles. The highest BCUT2D eigenvalue weighted by atomic mass is 32.1. The highest BCUT2D eigenvalue weighted by Crippen LogP contribution is 2.51. The number of carbonyl (C=O) groups excluding carboxylic acids is 1. The third-order valence-electron chi connectivity index (χ3n) is 7.41. The lowest BCUT2D eigenvalue weighted by molar-refractivity contribution is -0.139. The Balaban J connectivity index is 1.39. The molecule has 2 nitrogen and oxygen atoms in total. The van der Waals surface area contributed by atoms with E-state index in [1.54, 1.807) is 0 Å². The molecule has 1 aliphatic heterocycles. The molecule has 1 aromatic carbocycles. The summed E-state index contributed by atoms with van der Waals surface area (Å²) in [5.74, 6) is 2.77. The minimum absolute atomic E-state index is 0.248. The number of hydrogen-bond acceptors (Lipinski definition) is 3. The number of hydrogen-bond donors (Lipinski definition) is 0. The van der Waals surface area contributed by atoms with E-state index < -0.39 is 0 Å². The lowest BCUT2D eigenvalue weighted by atomic mass is 9.56. The predicted molar refractivity (Wildman–Crippen MR) is 111 cm³/mol. The second kappa shape index (κ2) is 7.52. The van der Waals surface area contributed by atoms with Gasteiger partial charge < -0.3 is 0 Å². The van der Waals surface area contributed by atoms with E-state index in [0.29, 0.717) is 23.7 Å². The molecule has 2 aliphatic carbocycles. The lowest BCUT2D eigenvalue weighted by Gasteiger charge is -2.55. The van der Waals surface area contributed by atoms with Gasteiger partial charge in [0.05, 0.1) is 0 Å². The summed E-state index contributed by atoms with van der Waals surface area (Å²) in [6.45, 7) is 2.28. The number of carbonyl (C=O) groups is 1. The van der Waals surface area contributed by atoms with Crippen molar-refractivity contribution in [1.29, 1.82) is 0 Å². The largest absolute Gasteiger partial charge is 0.299 e. The zero-order valence-corrected chi connectivity index (χ0v) is 16.7. The van der Waals surface area contributed by atoms with E-state index in [-0.39, 0.29) is 5.92 Å². The Labute approximate surface area is 166 Å². The molecule has 2 aromatic rings. The molecular weight excluding hydrogens is 350 g/mol. The molecule has 3 heteroatoms. The van der Waals surface area contributed by atoms with Crippen LogP contribution in [-0.4, -0.2) is 23.3 Å².